The molecular weight excluding hydrogens is 308 g/mol. The van der Waals surface area contributed by atoms with E-state index in [2.05, 4.69) is 11.1 Å². The van der Waals surface area contributed by atoms with Gasteiger partial charge < -0.3 is 15.4 Å². The van der Waals surface area contributed by atoms with Crippen LogP contribution in [0.4, 0.5) is 0 Å². The molecule has 0 saturated carbocycles. The van der Waals surface area contributed by atoms with Gasteiger partial charge in [0.25, 0.3) is 5.56 Å². The lowest BCUT2D eigenvalue weighted by Crippen LogP contribution is -2.88. The summed E-state index contributed by atoms with van der Waals surface area (Å²) in [5, 5.41) is 13.6. The van der Waals surface area contributed by atoms with Gasteiger partial charge >= 0.3 is 5.69 Å². The summed E-state index contributed by atoms with van der Waals surface area (Å²) in [6, 6.07) is 7.67. The molecule has 3 aromatic rings. The van der Waals surface area contributed by atoms with E-state index in [0.717, 1.165) is 38.7 Å². The Bertz CT molecular complexity index is 1070. The number of aromatic nitrogens is 3. The SMILES string of the molecule is Cn1c(O)c([C@@H]2[NH2+]CCc3c2[nH]c2ccccc32)c(=O)n(C)c1=O. The third-order valence-corrected chi connectivity index (χ3v) is 4.93. The maximum Gasteiger partial charge on any atom is 0.333 e. The average molecular weight is 327 g/mol. The number of quaternary nitrogens is 1. The predicted molar refractivity (Wildman–Crippen MR) is 89.2 cm³/mol. The molecule has 124 valence electrons. The Kier molecular flexibility index (Phi) is 3.14. The number of hydrogen-bond donors (Lipinski definition) is 3. The minimum Gasteiger partial charge on any atom is -0.494 e. The molecule has 0 amide bonds. The van der Waals surface area contributed by atoms with E-state index >= 15 is 0 Å². The number of rotatable bonds is 1. The molecule has 3 heterocycles. The maximum absolute atomic E-state index is 12.6. The lowest BCUT2D eigenvalue weighted by atomic mass is 9.95. The van der Waals surface area contributed by atoms with Crippen LogP contribution in [-0.2, 0) is 20.5 Å². The van der Waals surface area contributed by atoms with Gasteiger partial charge in [0.2, 0.25) is 5.88 Å². The second-order valence-electron chi connectivity index (χ2n) is 6.26. The highest BCUT2D eigenvalue weighted by Gasteiger charge is 2.34. The van der Waals surface area contributed by atoms with Crippen LogP contribution in [0.3, 0.4) is 0 Å². The van der Waals surface area contributed by atoms with Crippen LogP contribution in [0.15, 0.2) is 33.9 Å². The smallest absolute Gasteiger partial charge is 0.333 e. The summed E-state index contributed by atoms with van der Waals surface area (Å²) in [6.07, 6.45) is 0.892. The van der Waals surface area contributed by atoms with Crippen molar-refractivity contribution in [1.82, 2.24) is 14.1 Å². The van der Waals surface area contributed by atoms with Gasteiger partial charge in [0.15, 0.2) is 6.04 Å². The van der Waals surface area contributed by atoms with E-state index in [1.54, 1.807) is 0 Å². The van der Waals surface area contributed by atoms with Gasteiger partial charge in [-0.25, -0.2) is 4.79 Å². The quantitative estimate of drug-likeness (QED) is 0.561. The minimum absolute atomic E-state index is 0.243. The number of aromatic hydroxyl groups is 1. The topological polar surface area (TPSA) is 96.6 Å². The summed E-state index contributed by atoms with van der Waals surface area (Å²) in [5.41, 5.74) is 2.37. The summed E-state index contributed by atoms with van der Waals surface area (Å²) >= 11 is 0. The zero-order valence-corrected chi connectivity index (χ0v) is 13.5. The molecule has 0 saturated heterocycles. The fourth-order valence-corrected chi connectivity index (χ4v) is 3.66. The van der Waals surface area contributed by atoms with Crippen molar-refractivity contribution >= 4 is 10.9 Å². The highest BCUT2D eigenvalue weighted by atomic mass is 16.3. The van der Waals surface area contributed by atoms with Gasteiger partial charge in [0.1, 0.15) is 5.56 Å². The summed E-state index contributed by atoms with van der Waals surface area (Å²) in [5.74, 6) is -0.268. The Labute approximate surface area is 137 Å². The number of hydrogen-bond acceptors (Lipinski definition) is 3. The highest BCUT2D eigenvalue weighted by Crippen LogP contribution is 2.31. The third-order valence-electron chi connectivity index (χ3n) is 4.93. The number of H-pyrrole nitrogens is 1. The molecule has 7 heteroatoms. The zero-order chi connectivity index (χ0) is 17.0. The lowest BCUT2D eigenvalue weighted by molar-refractivity contribution is -0.690. The third kappa shape index (κ3) is 1.88. The molecule has 0 unspecified atom stereocenters. The van der Waals surface area contributed by atoms with Crippen LogP contribution in [0.1, 0.15) is 22.9 Å². The average Bonchev–Trinajstić information content (AvgIpc) is 2.98. The van der Waals surface area contributed by atoms with Crippen molar-refractivity contribution in [3.8, 4) is 5.88 Å². The first kappa shape index (κ1) is 14.8. The number of para-hydroxylation sites is 1. The molecule has 0 spiro atoms. The molecule has 2 aromatic heterocycles. The Balaban J connectivity index is 2.02. The number of nitrogens with two attached hydrogens (primary N) is 1. The molecule has 24 heavy (non-hydrogen) atoms. The Hall–Kier alpha value is -2.80. The Morgan fingerprint density at radius 1 is 1.21 bits per heavy atom. The summed E-state index contributed by atoms with van der Waals surface area (Å²) in [4.78, 5) is 28.0. The minimum atomic E-state index is -0.533. The summed E-state index contributed by atoms with van der Waals surface area (Å²) in [6.45, 7) is 0.810. The lowest BCUT2D eigenvalue weighted by Gasteiger charge is -2.22. The van der Waals surface area contributed by atoms with Crippen molar-refractivity contribution in [1.29, 1.82) is 0 Å². The Morgan fingerprint density at radius 2 is 1.96 bits per heavy atom. The van der Waals surface area contributed by atoms with Gasteiger partial charge in [-0.15, -0.1) is 0 Å². The molecule has 1 aromatic carbocycles. The van der Waals surface area contributed by atoms with E-state index in [-0.39, 0.29) is 17.5 Å². The molecule has 1 aliphatic rings. The molecule has 0 radical (unpaired) electrons. The van der Waals surface area contributed by atoms with Crippen LogP contribution in [0.25, 0.3) is 10.9 Å². The molecule has 1 atom stereocenters. The molecule has 0 aliphatic carbocycles. The van der Waals surface area contributed by atoms with E-state index in [1.807, 2.05) is 23.5 Å². The number of nitrogens with zero attached hydrogens (tertiary/aromatic N) is 2. The van der Waals surface area contributed by atoms with Crippen molar-refractivity contribution in [2.45, 2.75) is 12.5 Å². The Morgan fingerprint density at radius 3 is 2.75 bits per heavy atom. The largest absolute Gasteiger partial charge is 0.494 e. The van der Waals surface area contributed by atoms with Gasteiger partial charge in [-0.1, -0.05) is 18.2 Å². The van der Waals surface area contributed by atoms with Crippen molar-refractivity contribution in [2.24, 2.45) is 14.1 Å². The molecule has 0 fully saturated rings. The second-order valence-corrected chi connectivity index (χ2v) is 6.26. The predicted octanol–water partition coefficient (Wildman–Crippen LogP) is -0.520. The number of aromatic amines is 1. The zero-order valence-electron chi connectivity index (χ0n) is 13.5. The fraction of sp³-hybridized carbons (Fsp3) is 0.294. The van der Waals surface area contributed by atoms with E-state index in [0.29, 0.717) is 0 Å². The van der Waals surface area contributed by atoms with Gasteiger partial charge in [0.05, 0.1) is 12.2 Å². The molecule has 4 rings (SSSR count). The van der Waals surface area contributed by atoms with E-state index in [9.17, 15) is 14.7 Å². The number of nitrogens with one attached hydrogen (secondary N) is 1. The van der Waals surface area contributed by atoms with Crippen LogP contribution in [0.5, 0.6) is 5.88 Å². The molecule has 1 aliphatic heterocycles. The van der Waals surface area contributed by atoms with E-state index < -0.39 is 11.2 Å². The maximum atomic E-state index is 12.6. The first-order valence-corrected chi connectivity index (χ1v) is 7.92. The molecular formula is C17H19N4O3+. The first-order chi connectivity index (χ1) is 11.5. The van der Waals surface area contributed by atoms with Crippen molar-refractivity contribution in [2.75, 3.05) is 6.54 Å². The van der Waals surface area contributed by atoms with Crippen LogP contribution < -0.4 is 16.6 Å². The molecule has 0 bridgehead atoms. The molecule has 4 N–H and O–H groups in total. The van der Waals surface area contributed by atoms with Gasteiger partial charge in [0, 0.05) is 31.4 Å². The molecule has 7 nitrogen and oxygen atoms in total. The highest BCUT2D eigenvalue weighted by molar-refractivity contribution is 5.85. The number of fused-ring (bicyclic) bond motifs is 3. The fourth-order valence-electron chi connectivity index (χ4n) is 3.66. The van der Waals surface area contributed by atoms with Crippen LogP contribution >= 0.6 is 0 Å². The monoisotopic (exact) mass is 327 g/mol. The number of benzene rings is 1. The standard InChI is InChI=1S/C17H18N4O3/c1-20-15(22)12(16(23)21(2)17(20)24)14-13-10(7-8-18-14)9-5-3-4-6-11(9)19-13/h3-6,14,18-19,22H,7-8H2,1-2H3/p+1/t14-/m0/s1. The van der Waals surface area contributed by atoms with Gasteiger partial charge in [-0.3, -0.25) is 13.9 Å². The summed E-state index contributed by atoms with van der Waals surface area (Å²) in [7, 11) is 2.90. The van der Waals surface area contributed by atoms with E-state index in [4.69, 9.17) is 0 Å². The van der Waals surface area contributed by atoms with Crippen molar-refractivity contribution in [3.05, 3.63) is 61.9 Å². The van der Waals surface area contributed by atoms with E-state index in [1.165, 1.54) is 19.7 Å². The van der Waals surface area contributed by atoms with Gasteiger partial charge in [-0.05, 0) is 11.6 Å². The van der Waals surface area contributed by atoms with Crippen molar-refractivity contribution in [3.63, 3.8) is 0 Å². The van der Waals surface area contributed by atoms with Gasteiger partial charge in [-0.2, -0.15) is 0 Å². The second kappa shape index (κ2) is 5.10. The van der Waals surface area contributed by atoms with Crippen molar-refractivity contribution < 1.29 is 10.4 Å². The normalized spacial score (nSPS) is 17.2. The van der Waals surface area contributed by atoms with Crippen LogP contribution in [-0.4, -0.2) is 25.8 Å². The summed E-state index contributed by atoms with van der Waals surface area (Å²) < 4.78 is 2.15. The van der Waals surface area contributed by atoms with Crippen LogP contribution in [0, 0.1) is 0 Å². The first-order valence-electron chi connectivity index (χ1n) is 7.92. The van der Waals surface area contributed by atoms with Crippen LogP contribution in [0.2, 0.25) is 0 Å².